The summed E-state index contributed by atoms with van der Waals surface area (Å²) in [5.41, 5.74) is 5.75. The fourth-order valence-corrected chi connectivity index (χ4v) is 4.08. The Labute approximate surface area is 181 Å². The van der Waals surface area contributed by atoms with Gasteiger partial charge in [0.15, 0.2) is 11.5 Å². The van der Waals surface area contributed by atoms with Crippen molar-refractivity contribution in [3.63, 3.8) is 0 Å². The zero-order valence-corrected chi connectivity index (χ0v) is 18.1. The Balaban J connectivity index is 1.65. The minimum absolute atomic E-state index is 0.0730. The van der Waals surface area contributed by atoms with E-state index in [1.807, 2.05) is 99.6 Å². The number of ketones is 1. The topological polar surface area (TPSA) is 43.1 Å². The predicted molar refractivity (Wildman–Crippen MR) is 123 cm³/mol. The fourth-order valence-electron chi connectivity index (χ4n) is 3.26. The van der Waals surface area contributed by atoms with E-state index >= 15 is 0 Å². The molecule has 0 bridgehead atoms. The van der Waals surface area contributed by atoms with Gasteiger partial charge in [-0.05, 0) is 38.0 Å². The number of carbonyl (C=O) groups excluding carboxylic acids is 1. The van der Waals surface area contributed by atoms with Crippen molar-refractivity contribution >= 4 is 17.5 Å². The molecule has 1 heterocycles. The van der Waals surface area contributed by atoms with Gasteiger partial charge in [-0.2, -0.15) is 0 Å². The molecule has 0 N–H and O–H groups in total. The summed E-state index contributed by atoms with van der Waals surface area (Å²) in [5.74, 6) is 0.791. The molecule has 4 rings (SSSR count). The molecule has 0 aliphatic rings. The molecule has 30 heavy (non-hydrogen) atoms. The normalized spacial score (nSPS) is 12.0. The van der Waals surface area contributed by atoms with Crippen LogP contribution in [0, 0.1) is 13.8 Å². The molecule has 0 amide bonds. The summed E-state index contributed by atoms with van der Waals surface area (Å²) in [6.45, 7) is 5.97. The van der Waals surface area contributed by atoms with Crippen LogP contribution in [0.5, 0.6) is 0 Å². The summed E-state index contributed by atoms with van der Waals surface area (Å²) < 4.78 is 6.15. The Morgan fingerprint density at radius 3 is 2.13 bits per heavy atom. The van der Waals surface area contributed by atoms with E-state index in [4.69, 9.17) is 9.40 Å². The van der Waals surface area contributed by atoms with Crippen molar-refractivity contribution in [3.8, 4) is 22.6 Å². The minimum atomic E-state index is -0.307. The van der Waals surface area contributed by atoms with Gasteiger partial charge < -0.3 is 4.42 Å². The summed E-state index contributed by atoms with van der Waals surface area (Å²) in [7, 11) is 0. The summed E-state index contributed by atoms with van der Waals surface area (Å²) in [4.78, 5) is 17.7. The maximum absolute atomic E-state index is 13.0. The highest BCUT2D eigenvalue weighted by atomic mass is 32.2. The standard InChI is InChI=1S/C26H23NO2S/c1-17-14-15-22(16-18(17)2)24(28)19(3)30-26-27-23(20-10-6-4-7-11-20)25(29-26)21-12-8-5-9-13-21/h4-16,19H,1-3H3/t19-/m1/s1. The average Bonchev–Trinajstić information content (AvgIpc) is 3.20. The molecule has 0 unspecified atom stereocenters. The van der Waals surface area contributed by atoms with Crippen molar-refractivity contribution in [2.45, 2.75) is 31.2 Å². The highest BCUT2D eigenvalue weighted by Crippen LogP contribution is 2.37. The van der Waals surface area contributed by atoms with Crippen LogP contribution in [0.3, 0.4) is 0 Å². The van der Waals surface area contributed by atoms with Crippen LogP contribution in [0.2, 0.25) is 0 Å². The van der Waals surface area contributed by atoms with Crippen molar-refractivity contribution in [3.05, 3.63) is 95.6 Å². The number of Topliss-reactive ketones (excluding diaryl/α,β-unsaturated/α-hetero) is 1. The number of hydrogen-bond acceptors (Lipinski definition) is 4. The Morgan fingerprint density at radius 2 is 1.50 bits per heavy atom. The molecule has 0 aliphatic carbocycles. The largest absolute Gasteiger partial charge is 0.431 e. The average molecular weight is 414 g/mol. The van der Waals surface area contributed by atoms with E-state index in [0.29, 0.717) is 5.22 Å². The van der Waals surface area contributed by atoms with E-state index in [1.54, 1.807) is 0 Å². The van der Waals surface area contributed by atoms with Gasteiger partial charge in [0.2, 0.25) is 0 Å². The monoisotopic (exact) mass is 413 g/mol. The number of aromatic nitrogens is 1. The first-order valence-corrected chi connectivity index (χ1v) is 10.8. The molecule has 4 heteroatoms. The molecule has 0 spiro atoms. The maximum atomic E-state index is 13.0. The second-order valence-electron chi connectivity index (χ2n) is 7.31. The predicted octanol–water partition coefficient (Wildman–Crippen LogP) is 6.99. The van der Waals surface area contributed by atoms with Crippen molar-refractivity contribution in [1.29, 1.82) is 0 Å². The lowest BCUT2D eigenvalue weighted by Crippen LogP contribution is -2.13. The van der Waals surface area contributed by atoms with Gasteiger partial charge >= 0.3 is 0 Å². The molecule has 150 valence electrons. The minimum Gasteiger partial charge on any atom is -0.431 e. The molecule has 0 radical (unpaired) electrons. The van der Waals surface area contributed by atoms with Gasteiger partial charge in [-0.25, -0.2) is 4.98 Å². The van der Waals surface area contributed by atoms with E-state index in [1.165, 1.54) is 17.3 Å². The lowest BCUT2D eigenvalue weighted by atomic mass is 10.0. The number of nitrogens with zero attached hydrogens (tertiary/aromatic N) is 1. The first kappa shape index (κ1) is 20.2. The Hall–Kier alpha value is -3.11. The SMILES string of the molecule is Cc1ccc(C(=O)[C@@H](C)Sc2nc(-c3ccccc3)c(-c3ccccc3)o2)cc1C. The molecule has 0 saturated heterocycles. The Bertz CT molecular complexity index is 1110. The van der Waals surface area contributed by atoms with Gasteiger partial charge in [-0.1, -0.05) is 84.6 Å². The lowest BCUT2D eigenvalue weighted by Gasteiger charge is -2.09. The van der Waals surface area contributed by atoms with Crippen LogP contribution in [0.4, 0.5) is 0 Å². The highest BCUT2D eigenvalue weighted by molar-refractivity contribution is 8.00. The van der Waals surface area contributed by atoms with Crippen LogP contribution < -0.4 is 0 Å². The molecule has 1 atom stereocenters. The number of carbonyl (C=O) groups is 1. The molecule has 3 aromatic carbocycles. The van der Waals surface area contributed by atoms with Gasteiger partial charge in [0.25, 0.3) is 5.22 Å². The highest BCUT2D eigenvalue weighted by Gasteiger charge is 2.23. The second kappa shape index (κ2) is 8.72. The van der Waals surface area contributed by atoms with Gasteiger partial charge in [0.05, 0.1) is 5.25 Å². The van der Waals surface area contributed by atoms with Crippen molar-refractivity contribution in [1.82, 2.24) is 4.98 Å². The lowest BCUT2D eigenvalue weighted by molar-refractivity contribution is 0.0993. The molecule has 4 aromatic rings. The van der Waals surface area contributed by atoms with Crippen molar-refractivity contribution < 1.29 is 9.21 Å². The number of thioether (sulfide) groups is 1. The van der Waals surface area contributed by atoms with Crippen LogP contribution in [0.1, 0.15) is 28.4 Å². The van der Waals surface area contributed by atoms with Crippen LogP contribution in [0.25, 0.3) is 22.6 Å². The molecule has 3 nitrogen and oxygen atoms in total. The summed E-state index contributed by atoms with van der Waals surface area (Å²) >= 11 is 1.35. The smallest absolute Gasteiger partial charge is 0.257 e. The van der Waals surface area contributed by atoms with Gasteiger partial charge in [0, 0.05) is 16.7 Å². The van der Waals surface area contributed by atoms with Gasteiger partial charge in [-0.15, -0.1) is 0 Å². The quantitative estimate of drug-likeness (QED) is 0.252. The first-order chi connectivity index (χ1) is 14.5. The summed E-state index contributed by atoms with van der Waals surface area (Å²) in [6, 6.07) is 25.8. The van der Waals surface area contributed by atoms with Crippen LogP contribution >= 0.6 is 11.8 Å². The van der Waals surface area contributed by atoms with E-state index < -0.39 is 0 Å². The third-order valence-electron chi connectivity index (χ3n) is 5.13. The first-order valence-electron chi connectivity index (χ1n) is 9.92. The third-order valence-corrected chi connectivity index (χ3v) is 6.07. The van der Waals surface area contributed by atoms with Crippen LogP contribution in [-0.4, -0.2) is 16.0 Å². The number of rotatable bonds is 6. The number of aryl methyl sites for hydroxylation is 2. The molecular weight excluding hydrogens is 390 g/mol. The fraction of sp³-hybridized carbons (Fsp3) is 0.154. The second-order valence-corrected chi connectivity index (χ2v) is 8.60. The molecule has 0 aliphatic heterocycles. The molecule has 0 saturated carbocycles. The van der Waals surface area contributed by atoms with Crippen molar-refractivity contribution in [2.24, 2.45) is 0 Å². The zero-order valence-electron chi connectivity index (χ0n) is 17.3. The number of oxazole rings is 1. The Morgan fingerprint density at radius 1 is 0.867 bits per heavy atom. The van der Waals surface area contributed by atoms with Gasteiger partial charge in [0.1, 0.15) is 5.69 Å². The van der Waals surface area contributed by atoms with E-state index in [-0.39, 0.29) is 11.0 Å². The van der Waals surface area contributed by atoms with E-state index in [9.17, 15) is 4.79 Å². The summed E-state index contributed by atoms with van der Waals surface area (Å²) in [5, 5.41) is 0.190. The van der Waals surface area contributed by atoms with Gasteiger partial charge in [-0.3, -0.25) is 4.79 Å². The molecule has 0 fully saturated rings. The summed E-state index contributed by atoms with van der Waals surface area (Å²) in [6.07, 6.45) is 0. The van der Waals surface area contributed by atoms with Crippen molar-refractivity contribution in [2.75, 3.05) is 0 Å². The third kappa shape index (κ3) is 4.24. The number of hydrogen-bond donors (Lipinski definition) is 0. The molecular formula is C26H23NO2S. The maximum Gasteiger partial charge on any atom is 0.257 e. The number of benzene rings is 3. The van der Waals surface area contributed by atoms with E-state index in [0.717, 1.165) is 33.7 Å². The van der Waals surface area contributed by atoms with Crippen LogP contribution in [0.15, 0.2) is 88.5 Å². The van der Waals surface area contributed by atoms with E-state index in [2.05, 4.69) is 0 Å². The molecule has 1 aromatic heterocycles. The van der Waals surface area contributed by atoms with Crippen LogP contribution in [-0.2, 0) is 0 Å². The Kier molecular flexibility index (Phi) is 5.86. The zero-order chi connectivity index (χ0) is 21.1.